The van der Waals surface area contributed by atoms with Crippen molar-refractivity contribution in [3.8, 4) is 5.88 Å². The Bertz CT molecular complexity index is 933. The summed E-state index contributed by atoms with van der Waals surface area (Å²) in [5.74, 6) is 1.68. The van der Waals surface area contributed by atoms with E-state index in [0.717, 1.165) is 49.3 Å². The highest BCUT2D eigenvalue weighted by Gasteiger charge is 2.29. The van der Waals surface area contributed by atoms with Crippen molar-refractivity contribution in [1.82, 2.24) is 19.4 Å². The van der Waals surface area contributed by atoms with Gasteiger partial charge in [-0.25, -0.2) is 9.97 Å². The van der Waals surface area contributed by atoms with Crippen molar-refractivity contribution in [2.24, 2.45) is 5.92 Å². The van der Waals surface area contributed by atoms with Crippen LogP contribution >= 0.6 is 0 Å². The monoisotopic (exact) mass is 424 g/mol. The molecule has 0 unspecified atom stereocenters. The van der Waals surface area contributed by atoms with E-state index in [2.05, 4.69) is 33.3 Å². The largest absolute Gasteiger partial charge is 0.474 e. The van der Waals surface area contributed by atoms with E-state index < -0.39 is 0 Å². The van der Waals surface area contributed by atoms with Crippen molar-refractivity contribution in [3.63, 3.8) is 0 Å². The number of ether oxygens (including phenoxy) is 1. The Morgan fingerprint density at radius 3 is 2.39 bits per heavy atom. The summed E-state index contributed by atoms with van der Waals surface area (Å²) in [6.07, 6.45) is 14.4. The van der Waals surface area contributed by atoms with Gasteiger partial charge < -0.3 is 14.2 Å². The molecule has 6 nitrogen and oxygen atoms in total. The van der Waals surface area contributed by atoms with E-state index in [-0.39, 0.29) is 6.10 Å². The first kappa shape index (κ1) is 20.8. The van der Waals surface area contributed by atoms with Crippen molar-refractivity contribution in [2.45, 2.75) is 96.6 Å². The SMILES string of the molecule is Cc1c(C)n(C2CCCC2)c2ncnc(OC3CCN(C(=O)CC4CCCC4)CC3)c12. The molecular formula is C25H36N4O2. The summed E-state index contributed by atoms with van der Waals surface area (Å²) in [4.78, 5) is 23.9. The molecular weight excluding hydrogens is 388 g/mol. The van der Waals surface area contributed by atoms with Crippen LogP contribution in [0, 0.1) is 19.8 Å². The van der Waals surface area contributed by atoms with Gasteiger partial charge in [0.15, 0.2) is 0 Å². The molecule has 3 aliphatic rings. The van der Waals surface area contributed by atoms with E-state index in [9.17, 15) is 4.79 Å². The molecule has 0 bridgehead atoms. The Labute approximate surface area is 185 Å². The summed E-state index contributed by atoms with van der Waals surface area (Å²) >= 11 is 0. The quantitative estimate of drug-likeness (QED) is 0.669. The number of hydrogen-bond acceptors (Lipinski definition) is 4. The summed E-state index contributed by atoms with van der Waals surface area (Å²) in [6, 6.07) is 0.549. The molecule has 0 atom stereocenters. The maximum absolute atomic E-state index is 12.7. The highest BCUT2D eigenvalue weighted by atomic mass is 16.5. The molecule has 0 N–H and O–H groups in total. The summed E-state index contributed by atoms with van der Waals surface area (Å²) < 4.78 is 8.87. The number of piperidine rings is 1. The molecule has 2 aromatic heterocycles. The van der Waals surface area contributed by atoms with Crippen LogP contribution in [0.15, 0.2) is 6.33 Å². The first-order valence-corrected chi connectivity index (χ1v) is 12.4. The fourth-order valence-corrected chi connectivity index (χ4v) is 6.06. The van der Waals surface area contributed by atoms with Gasteiger partial charge >= 0.3 is 0 Å². The molecule has 168 valence electrons. The normalized spacial score (nSPS) is 21.4. The van der Waals surface area contributed by atoms with Crippen LogP contribution in [0.2, 0.25) is 0 Å². The smallest absolute Gasteiger partial charge is 0.226 e. The number of amides is 1. The molecule has 0 spiro atoms. The van der Waals surface area contributed by atoms with Gasteiger partial charge in [0.2, 0.25) is 11.8 Å². The molecule has 2 aliphatic carbocycles. The van der Waals surface area contributed by atoms with Crippen molar-refractivity contribution in [2.75, 3.05) is 13.1 Å². The highest BCUT2D eigenvalue weighted by molar-refractivity contribution is 5.86. The maximum Gasteiger partial charge on any atom is 0.226 e. The van der Waals surface area contributed by atoms with Crippen LogP contribution in [-0.2, 0) is 4.79 Å². The van der Waals surface area contributed by atoms with E-state index in [4.69, 9.17) is 4.74 Å². The van der Waals surface area contributed by atoms with Crippen LogP contribution < -0.4 is 4.74 Å². The van der Waals surface area contributed by atoms with E-state index >= 15 is 0 Å². The number of likely N-dealkylation sites (tertiary alicyclic amines) is 1. The summed E-state index contributed by atoms with van der Waals surface area (Å²) in [7, 11) is 0. The molecule has 0 radical (unpaired) electrons. The van der Waals surface area contributed by atoms with Gasteiger partial charge in [-0.15, -0.1) is 0 Å². The highest BCUT2D eigenvalue weighted by Crippen LogP contribution is 2.38. The lowest BCUT2D eigenvalue weighted by Gasteiger charge is -2.32. The third-order valence-electron chi connectivity index (χ3n) is 8.00. The van der Waals surface area contributed by atoms with Gasteiger partial charge in [-0.2, -0.15) is 0 Å². The van der Waals surface area contributed by atoms with Crippen LogP contribution in [0.4, 0.5) is 0 Å². The van der Waals surface area contributed by atoms with E-state index in [0.29, 0.717) is 17.9 Å². The molecule has 31 heavy (non-hydrogen) atoms. The average molecular weight is 425 g/mol. The Kier molecular flexibility index (Phi) is 5.89. The van der Waals surface area contributed by atoms with E-state index in [1.807, 2.05) is 0 Å². The zero-order valence-corrected chi connectivity index (χ0v) is 19.1. The second-order valence-corrected chi connectivity index (χ2v) is 9.95. The minimum Gasteiger partial charge on any atom is -0.474 e. The zero-order valence-electron chi connectivity index (χ0n) is 19.1. The van der Waals surface area contributed by atoms with Crippen LogP contribution in [0.5, 0.6) is 5.88 Å². The summed E-state index contributed by atoms with van der Waals surface area (Å²) in [5, 5.41) is 1.08. The number of carbonyl (C=O) groups excluding carboxylic acids is 1. The minimum absolute atomic E-state index is 0.114. The lowest BCUT2D eigenvalue weighted by molar-refractivity contribution is -0.134. The number of aryl methyl sites for hydroxylation is 1. The molecule has 1 amide bonds. The van der Waals surface area contributed by atoms with Crippen molar-refractivity contribution < 1.29 is 9.53 Å². The first-order valence-electron chi connectivity index (χ1n) is 12.4. The second-order valence-electron chi connectivity index (χ2n) is 9.95. The van der Waals surface area contributed by atoms with Gasteiger partial charge in [0.1, 0.15) is 18.1 Å². The van der Waals surface area contributed by atoms with Gasteiger partial charge in [0.05, 0.1) is 5.39 Å². The second kappa shape index (κ2) is 8.79. The zero-order chi connectivity index (χ0) is 21.4. The number of nitrogens with zero attached hydrogens (tertiary/aromatic N) is 4. The van der Waals surface area contributed by atoms with Crippen LogP contribution in [-0.4, -0.2) is 44.5 Å². The Morgan fingerprint density at radius 1 is 1.00 bits per heavy atom. The Morgan fingerprint density at radius 2 is 1.68 bits per heavy atom. The number of carbonyl (C=O) groups is 1. The molecule has 5 rings (SSSR count). The fourth-order valence-electron chi connectivity index (χ4n) is 6.06. The topological polar surface area (TPSA) is 60.2 Å². The molecule has 0 aromatic carbocycles. The maximum atomic E-state index is 12.7. The third-order valence-corrected chi connectivity index (χ3v) is 8.00. The van der Waals surface area contributed by atoms with Gasteiger partial charge in [-0.1, -0.05) is 25.7 Å². The van der Waals surface area contributed by atoms with Crippen molar-refractivity contribution >= 4 is 16.9 Å². The molecule has 3 heterocycles. The van der Waals surface area contributed by atoms with Crippen LogP contribution in [0.3, 0.4) is 0 Å². The predicted octanol–water partition coefficient (Wildman–Crippen LogP) is 5.11. The molecule has 1 saturated heterocycles. The molecule has 6 heteroatoms. The van der Waals surface area contributed by atoms with E-state index in [1.165, 1.54) is 62.6 Å². The van der Waals surface area contributed by atoms with Gasteiger partial charge in [-0.3, -0.25) is 4.79 Å². The fraction of sp³-hybridized carbons (Fsp3) is 0.720. The van der Waals surface area contributed by atoms with Gasteiger partial charge in [0.25, 0.3) is 0 Å². The number of aromatic nitrogens is 3. The third kappa shape index (κ3) is 4.06. The minimum atomic E-state index is 0.114. The van der Waals surface area contributed by atoms with Crippen LogP contribution in [0.25, 0.3) is 11.0 Å². The lowest BCUT2D eigenvalue weighted by atomic mass is 10.0. The first-order chi connectivity index (χ1) is 15.1. The standard InChI is InChI=1S/C25H36N4O2/c1-17-18(2)29(20-9-5-6-10-20)24-23(17)25(27-16-26-24)31-21-11-13-28(14-12-21)22(30)15-19-7-3-4-8-19/h16,19-21H,3-15H2,1-2H3. The number of hydrogen-bond donors (Lipinski definition) is 0. The van der Waals surface area contributed by atoms with Gasteiger partial charge in [0, 0.05) is 44.1 Å². The number of rotatable bonds is 5. The molecule has 1 aliphatic heterocycles. The summed E-state index contributed by atoms with van der Waals surface area (Å²) in [6.45, 7) is 5.97. The Balaban J connectivity index is 1.27. The van der Waals surface area contributed by atoms with Crippen LogP contribution in [0.1, 0.15) is 87.9 Å². The van der Waals surface area contributed by atoms with Crippen molar-refractivity contribution in [1.29, 1.82) is 0 Å². The molecule has 3 fully saturated rings. The lowest BCUT2D eigenvalue weighted by Crippen LogP contribution is -2.42. The summed E-state index contributed by atoms with van der Waals surface area (Å²) in [5.41, 5.74) is 3.55. The van der Waals surface area contributed by atoms with E-state index in [1.54, 1.807) is 6.33 Å². The average Bonchev–Trinajstić information content (AvgIpc) is 3.52. The number of fused-ring (bicyclic) bond motifs is 1. The Hall–Kier alpha value is -2.11. The predicted molar refractivity (Wildman–Crippen MR) is 121 cm³/mol. The molecule has 2 saturated carbocycles. The van der Waals surface area contributed by atoms with Gasteiger partial charge in [-0.05, 0) is 51.0 Å². The van der Waals surface area contributed by atoms with Crippen molar-refractivity contribution in [3.05, 3.63) is 17.6 Å². The molecule has 2 aromatic rings.